The predicted molar refractivity (Wildman–Crippen MR) is 161 cm³/mol. The van der Waals surface area contributed by atoms with Crippen molar-refractivity contribution in [1.82, 2.24) is 9.80 Å². The second kappa shape index (κ2) is 14.5. The van der Waals surface area contributed by atoms with Crippen LogP contribution in [-0.2, 0) is 16.2 Å². The standard InChI is InChI=1S/C34H40N2O5/c1-4-7-23-40-28-17-13-26(14-18-28)31-30(33(38)34(39)36(31)22-21-35(5-2)6-3)32(37)27-15-19-29(20-16-27)41-24-25-11-9-8-10-12-25/h8-20,31,37H,4-7,21-24H2,1-3H3. The first-order valence-corrected chi connectivity index (χ1v) is 14.5. The van der Waals surface area contributed by atoms with Crippen molar-refractivity contribution in [2.75, 3.05) is 32.8 Å². The summed E-state index contributed by atoms with van der Waals surface area (Å²) in [4.78, 5) is 30.5. The number of likely N-dealkylation sites (N-methyl/N-ethyl adjacent to an activating group) is 1. The van der Waals surface area contributed by atoms with Gasteiger partial charge in [-0.3, -0.25) is 9.59 Å². The van der Waals surface area contributed by atoms with Gasteiger partial charge in [0.25, 0.3) is 11.7 Å². The third-order valence-corrected chi connectivity index (χ3v) is 7.43. The van der Waals surface area contributed by atoms with E-state index < -0.39 is 17.7 Å². The number of likely N-dealkylation sites (tertiary alicyclic amines) is 1. The fourth-order valence-electron chi connectivity index (χ4n) is 4.93. The second-order valence-corrected chi connectivity index (χ2v) is 10.1. The molecule has 41 heavy (non-hydrogen) atoms. The molecule has 3 aromatic carbocycles. The van der Waals surface area contributed by atoms with Crippen LogP contribution in [0.2, 0.25) is 0 Å². The molecule has 1 heterocycles. The van der Waals surface area contributed by atoms with E-state index in [0.717, 1.165) is 42.8 Å². The van der Waals surface area contributed by atoms with Gasteiger partial charge in [0.1, 0.15) is 23.9 Å². The number of carbonyl (C=O) groups is 2. The van der Waals surface area contributed by atoms with Crippen molar-refractivity contribution in [1.29, 1.82) is 0 Å². The largest absolute Gasteiger partial charge is 0.507 e. The summed E-state index contributed by atoms with van der Waals surface area (Å²) in [6.45, 7) is 9.97. The van der Waals surface area contributed by atoms with Gasteiger partial charge >= 0.3 is 0 Å². The fraction of sp³-hybridized carbons (Fsp3) is 0.353. The van der Waals surface area contributed by atoms with E-state index in [1.54, 1.807) is 29.2 Å². The third-order valence-electron chi connectivity index (χ3n) is 7.43. The van der Waals surface area contributed by atoms with E-state index in [2.05, 4.69) is 25.7 Å². The number of hydrogen-bond donors (Lipinski definition) is 1. The lowest BCUT2D eigenvalue weighted by Crippen LogP contribution is -2.38. The Hall–Kier alpha value is -4.10. The van der Waals surface area contributed by atoms with Gasteiger partial charge in [0.05, 0.1) is 18.2 Å². The van der Waals surface area contributed by atoms with Crippen LogP contribution in [0.5, 0.6) is 11.5 Å². The highest BCUT2D eigenvalue weighted by Crippen LogP contribution is 2.40. The molecule has 0 bridgehead atoms. The number of ether oxygens (including phenoxy) is 2. The van der Waals surface area contributed by atoms with Crippen molar-refractivity contribution in [3.05, 3.63) is 101 Å². The number of Topliss-reactive ketones (excluding diaryl/α,β-unsaturated/α-hetero) is 1. The number of carbonyl (C=O) groups excluding carboxylic acids is 2. The van der Waals surface area contributed by atoms with Crippen LogP contribution in [-0.4, -0.2) is 59.4 Å². The minimum absolute atomic E-state index is 0.0900. The van der Waals surface area contributed by atoms with Gasteiger partial charge in [-0.05, 0) is 67.0 Å². The summed E-state index contributed by atoms with van der Waals surface area (Å²) < 4.78 is 11.7. The first kappa shape index (κ1) is 29.9. The Morgan fingerprint density at radius 2 is 1.49 bits per heavy atom. The SMILES string of the molecule is CCCCOc1ccc(C2C(=C(O)c3ccc(OCc4ccccc4)cc3)C(=O)C(=O)N2CCN(CC)CC)cc1. The number of aliphatic hydroxyl groups is 1. The average molecular weight is 557 g/mol. The average Bonchev–Trinajstić information content (AvgIpc) is 3.26. The molecule has 0 aromatic heterocycles. The maximum atomic E-state index is 13.4. The van der Waals surface area contributed by atoms with Crippen LogP contribution in [0.15, 0.2) is 84.4 Å². The summed E-state index contributed by atoms with van der Waals surface area (Å²) in [6.07, 6.45) is 2.00. The van der Waals surface area contributed by atoms with Gasteiger partial charge in [0, 0.05) is 18.7 Å². The number of ketones is 1. The summed E-state index contributed by atoms with van der Waals surface area (Å²) in [6, 6.07) is 23.5. The highest BCUT2D eigenvalue weighted by molar-refractivity contribution is 6.46. The van der Waals surface area contributed by atoms with Crippen molar-refractivity contribution >= 4 is 17.4 Å². The Morgan fingerprint density at radius 3 is 2.12 bits per heavy atom. The molecule has 0 aliphatic carbocycles. The smallest absolute Gasteiger partial charge is 0.295 e. The van der Waals surface area contributed by atoms with Gasteiger partial charge in [0.15, 0.2) is 0 Å². The van der Waals surface area contributed by atoms with E-state index in [9.17, 15) is 14.7 Å². The van der Waals surface area contributed by atoms with E-state index >= 15 is 0 Å². The molecule has 1 amide bonds. The number of aliphatic hydroxyl groups excluding tert-OH is 1. The molecular formula is C34H40N2O5. The summed E-state index contributed by atoms with van der Waals surface area (Å²) in [5.41, 5.74) is 2.33. The molecule has 7 heteroatoms. The molecule has 3 aromatic rings. The zero-order valence-electron chi connectivity index (χ0n) is 24.2. The Labute approximate surface area is 243 Å². The lowest BCUT2D eigenvalue weighted by Gasteiger charge is -2.28. The van der Waals surface area contributed by atoms with Gasteiger partial charge in [-0.2, -0.15) is 0 Å². The summed E-state index contributed by atoms with van der Waals surface area (Å²) in [7, 11) is 0. The van der Waals surface area contributed by atoms with Crippen LogP contribution in [0.4, 0.5) is 0 Å². The van der Waals surface area contributed by atoms with Crippen molar-refractivity contribution < 1.29 is 24.2 Å². The second-order valence-electron chi connectivity index (χ2n) is 10.1. The first-order chi connectivity index (χ1) is 20.0. The zero-order valence-corrected chi connectivity index (χ0v) is 24.2. The molecule has 1 atom stereocenters. The maximum absolute atomic E-state index is 13.4. The Balaban J connectivity index is 1.63. The molecule has 7 nitrogen and oxygen atoms in total. The number of amides is 1. The topological polar surface area (TPSA) is 79.3 Å². The number of nitrogens with zero attached hydrogens (tertiary/aromatic N) is 2. The molecule has 1 N–H and O–H groups in total. The molecular weight excluding hydrogens is 516 g/mol. The molecule has 1 saturated heterocycles. The monoisotopic (exact) mass is 556 g/mol. The van der Waals surface area contributed by atoms with Crippen molar-refractivity contribution in [2.45, 2.75) is 46.3 Å². The van der Waals surface area contributed by atoms with Crippen LogP contribution < -0.4 is 9.47 Å². The van der Waals surface area contributed by atoms with Crippen LogP contribution in [0.3, 0.4) is 0 Å². The molecule has 0 radical (unpaired) electrons. The van der Waals surface area contributed by atoms with E-state index in [4.69, 9.17) is 9.47 Å². The summed E-state index contributed by atoms with van der Waals surface area (Å²) in [5.74, 6) is -0.111. The van der Waals surface area contributed by atoms with Gasteiger partial charge in [-0.15, -0.1) is 0 Å². The molecule has 216 valence electrons. The van der Waals surface area contributed by atoms with Gasteiger partial charge < -0.3 is 24.4 Å². The van der Waals surface area contributed by atoms with Crippen molar-refractivity contribution in [2.24, 2.45) is 0 Å². The van der Waals surface area contributed by atoms with Gasteiger partial charge in [0.2, 0.25) is 0 Å². The molecule has 1 unspecified atom stereocenters. The first-order valence-electron chi connectivity index (χ1n) is 14.5. The molecule has 1 aliphatic rings. The molecule has 0 saturated carbocycles. The quantitative estimate of drug-likeness (QED) is 0.110. The Morgan fingerprint density at radius 1 is 0.854 bits per heavy atom. The molecule has 1 fully saturated rings. The predicted octanol–water partition coefficient (Wildman–Crippen LogP) is 6.21. The Bertz CT molecular complexity index is 1320. The zero-order chi connectivity index (χ0) is 29.2. The normalized spacial score (nSPS) is 16.4. The van der Waals surface area contributed by atoms with E-state index in [1.165, 1.54) is 0 Å². The van der Waals surface area contributed by atoms with Crippen molar-refractivity contribution in [3.63, 3.8) is 0 Å². The number of rotatable bonds is 14. The maximum Gasteiger partial charge on any atom is 0.295 e. The van der Waals surface area contributed by atoms with E-state index in [-0.39, 0.29) is 11.3 Å². The summed E-state index contributed by atoms with van der Waals surface area (Å²) >= 11 is 0. The highest BCUT2D eigenvalue weighted by Gasteiger charge is 2.46. The lowest BCUT2D eigenvalue weighted by atomic mass is 9.95. The third kappa shape index (κ3) is 7.35. The minimum Gasteiger partial charge on any atom is -0.507 e. The minimum atomic E-state index is -0.704. The van der Waals surface area contributed by atoms with Crippen LogP contribution in [0, 0.1) is 0 Å². The molecule has 1 aliphatic heterocycles. The lowest BCUT2D eigenvalue weighted by molar-refractivity contribution is -0.140. The van der Waals surface area contributed by atoms with Crippen molar-refractivity contribution in [3.8, 4) is 11.5 Å². The summed E-state index contributed by atoms with van der Waals surface area (Å²) in [5, 5.41) is 11.4. The van der Waals surface area contributed by atoms with Gasteiger partial charge in [-0.1, -0.05) is 69.7 Å². The van der Waals surface area contributed by atoms with Crippen LogP contribution in [0.1, 0.15) is 56.3 Å². The Kier molecular flexibility index (Phi) is 10.6. The molecule has 4 rings (SSSR count). The van der Waals surface area contributed by atoms with E-state index in [0.29, 0.717) is 37.6 Å². The van der Waals surface area contributed by atoms with E-state index in [1.807, 2.05) is 54.6 Å². The number of hydrogen-bond acceptors (Lipinski definition) is 6. The van der Waals surface area contributed by atoms with Gasteiger partial charge in [-0.25, -0.2) is 0 Å². The number of unbranched alkanes of at least 4 members (excludes halogenated alkanes) is 1. The van der Waals surface area contributed by atoms with Crippen LogP contribution >= 0.6 is 0 Å². The fourth-order valence-corrected chi connectivity index (χ4v) is 4.93. The highest BCUT2D eigenvalue weighted by atomic mass is 16.5. The molecule has 0 spiro atoms. The van der Waals surface area contributed by atoms with Crippen LogP contribution in [0.25, 0.3) is 5.76 Å². The number of benzene rings is 3.